The van der Waals surface area contributed by atoms with Crippen LogP contribution < -0.4 is 10.1 Å². The summed E-state index contributed by atoms with van der Waals surface area (Å²) < 4.78 is 17.0. The highest BCUT2D eigenvalue weighted by molar-refractivity contribution is 6.00. The highest BCUT2D eigenvalue weighted by Crippen LogP contribution is 2.29. The first-order valence-electron chi connectivity index (χ1n) is 10.8. The van der Waals surface area contributed by atoms with Crippen LogP contribution in [-0.2, 0) is 14.3 Å². The van der Waals surface area contributed by atoms with E-state index < -0.39 is 24.3 Å². The van der Waals surface area contributed by atoms with Crippen molar-refractivity contribution in [1.29, 1.82) is 0 Å². The fraction of sp³-hybridized carbons (Fsp3) is 0.231. The highest BCUT2D eigenvalue weighted by atomic mass is 16.6. The van der Waals surface area contributed by atoms with Gasteiger partial charge in [-0.1, -0.05) is 48.5 Å². The number of aliphatic carboxylic acids is 1. The number of ether oxygens (including phenoxy) is 3. The van der Waals surface area contributed by atoms with Gasteiger partial charge in [0.1, 0.15) is 18.5 Å². The number of carbonyl (C=O) groups excluding carboxylic acids is 1. The summed E-state index contributed by atoms with van der Waals surface area (Å²) in [5.74, 6) is -0.684. The van der Waals surface area contributed by atoms with Crippen LogP contribution in [0.25, 0.3) is 10.8 Å². The number of hydrogen-bond donors (Lipinski definition) is 3. The molecule has 3 aromatic rings. The van der Waals surface area contributed by atoms with Gasteiger partial charge < -0.3 is 24.4 Å². The summed E-state index contributed by atoms with van der Waals surface area (Å²) in [6, 6.07) is 20.0. The first kappa shape index (κ1) is 24.8. The lowest BCUT2D eigenvalue weighted by Crippen LogP contribution is -2.28. The standard InChI is InChI=1S/C26H27NO7/c1-2-32-23(13-14-24(29)30)25(19-9-5-10-20(17-19)33-16-15-28)34-26(31)27-22-12-6-8-18-7-3-4-11-21(18)22/h3-14,17,23,25,28H,2,15-16H2,1H3,(H,27,31)(H,29,30)/b14-13+/t23-,25-/m0/s1. The van der Waals surface area contributed by atoms with Crippen molar-refractivity contribution in [1.82, 2.24) is 0 Å². The number of fused-ring (bicyclic) bond motifs is 1. The molecule has 0 bridgehead atoms. The summed E-state index contributed by atoms with van der Waals surface area (Å²) in [7, 11) is 0. The fourth-order valence-electron chi connectivity index (χ4n) is 3.47. The van der Waals surface area contributed by atoms with Crippen molar-refractivity contribution in [2.24, 2.45) is 0 Å². The minimum atomic E-state index is -1.15. The van der Waals surface area contributed by atoms with Gasteiger partial charge in [-0.3, -0.25) is 5.32 Å². The van der Waals surface area contributed by atoms with E-state index in [1.165, 1.54) is 6.08 Å². The third-order valence-electron chi connectivity index (χ3n) is 4.89. The number of amides is 1. The highest BCUT2D eigenvalue weighted by Gasteiger charge is 2.27. The molecule has 0 heterocycles. The van der Waals surface area contributed by atoms with Crippen molar-refractivity contribution in [2.75, 3.05) is 25.1 Å². The number of carbonyl (C=O) groups is 2. The van der Waals surface area contributed by atoms with Gasteiger partial charge in [-0.25, -0.2) is 9.59 Å². The predicted molar refractivity (Wildman–Crippen MR) is 128 cm³/mol. The Morgan fingerprint density at radius 3 is 2.59 bits per heavy atom. The van der Waals surface area contributed by atoms with E-state index in [2.05, 4.69) is 5.32 Å². The molecule has 0 aliphatic heterocycles. The van der Waals surface area contributed by atoms with E-state index in [0.717, 1.165) is 16.8 Å². The summed E-state index contributed by atoms with van der Waals surface area (Å²) in [5.41, 5.74) is 1.12. The zero-order chi connectivity index (χ0) is 24.3. The van der Waals surface area contributed by atoms with E-state index in [1.807, 2.05) is 36.4 Å². The van der Waals surface area contributed by atoms with E-state index in [-0.39, 0.29) is 19.8 Å². The van der Waals surface area contributed by atoms with Gasteiger partial charge in [0.25, 0.3) is 0 Å². The topological polar surface area (TPSA) is 114 Å². The quantitative estimate of drug-likeness (QED) is 0.356. The van der Waals surface area contributed by atoms with E-state index in [0.29, 0.717) is 17.0 Å². The molecule has 8 heteroatoms. The maximum atomic E-state index is 13.0. The second-order valence-corrected chi connectivity index (χ2v) is 7.24. The molecule has 0 aromatic heterocycles. The molecule has 2 atom stereocenters. The zero-order valence-corrected chi connectivity index (χ0v) is 18.7. The average molecular weight is 466 g/mol. The molecule has 0 fully saturated rings. The van der Waals surface area contributed by atoms with Gasteiger partial charge in [0, 0.05) is 18.1 Å². The number of carboxylic acids is 1. The summed E-state index contributed by atoms with van der Waals surface area (Å²) in [4.78, 5) is 24.1. The molecule has 3 N–H and O–H groups in total. The van der Waals surface area contributed by atoms with Crippen LogP contribution in [0.3, 0.4) is 0 Å². The van der Waals surface area contributed by atoms with Gasteiger partial charge >= 0.3 is 12.1 Å². The molecule has 3 rings (SSSR count). The summed E-state index contributed by atoms with van der Waals surface area (Å²) in [5, 5.41) is 22.7. The molecule has 3 aromatic carbocycles. The number of nitrogens with one attached hydrogen (secondary N) is 1. The SMILES string of the molecule is CCO[C@@H](/C=C/C(=O)O)[C@@H](OC(=O)Nc1cccc2ccccc12)c1cccc(OCCO)c1. The van der Waals surface area contributed by atoms with Crippen molar-refractivity contribution in [3.8, 4) is 5.75 Å². The maximum absolute atomic E-state index is 13.0. The van der Waals surface area contributed by atoms with Crippen LogP contribution in [0.4, 0.5) is 10.5 Å². The van der Waals surface area contributed by atoms with Crippen molar-refractivity contribution in [3.63, 3.8) is 0 Å². The third-order valence-corrected chi connectivity index (χ3v) is 4.89. The number of aliphatic hydroxyl groups excluding tert-OH is 1. The van der Waals surface area contributed by atoms with Crippen LogP contribution in [0.1, 0.15) is 18.6 Å². The number of anilines is 1. The lowest BCUT2D eigenvalue weighted by molar-refractivity contribution is -0.131. The monoisotopic (exact) mass is 465 g/mol. The Kier molecular flexibility index (Phi) is 9.02. The Labute approximate surface area is 197 Å². The average Bonchev–Trinajstić information content (AvgIpc) is 2.84. The Hall–Kier alpha value is -3.88. The van der Waals surface area contributed by atoms with Gasteiger partial charge in [0.2, 0.25) is 0 Å². The van der Waals surface area contributed by atoms with Crippen LogP contribution in [0.5, 0.6) is 5.75 Å². The van der Waals surface area contributed by atoms with Gasteiger partial charge in [-0.15, -0.1) is 0 Å². The Morgan fingerprint density at radius 1 is 1.06 bits per heavy atom. The molecular weight excluding hydrogens is 438 g/mol. The number of benzene rings is 3. The molecule has 0 aliphatic carbocycles. The van der Waals surface area contributed by atoms with Crippen LogP contribution in [0, 0.1) is 0 Å². The van der Waals surface area contributed by atoms with E-state index in [4.69, 9.17) is 24.4 Å². The smallest absolute Gasteiger partial charge is 0.412 e. The number of aliphatic hydroxyl groups is 1. The van der Waals surface area contributed by atoms with Crippen LogP contribution >= 0.6 is 0 Å². The molecule has 0 spiro atoms. The van der Waals surface area contributed by atoms with Gasteiger partial charge in [-0.2, -0.15) is 0 Å². The van der Waals surface area contributed by atoms with E-state index in [1.54, 1.807) is 37.3 Å². The molecule has 0 unspecified atom stereocenters. The van der Waals surface area contributed by atoms with Gasteiger partial charge in [0.05, 0.1) is 12.3 Å². The van der Waals surface area contributed by atoms with Gasteiger partial charge in [-0.05, 0) is 42.1 Å². The van der Waals surface area contributed by atoms with E-state index in [9.17, 15) is 9.59 Å². The molecule has 178 valence electrons. The summed E-state index contributed by atoms with van der Waals surface area (Å²) in [6.07, 6.45) is -0.277. The van der Waals surface area contributed by atoms with Gasteiger partial charge in [0.15, 0.2) is 6.10 Å². The minimum Gasteiger partial charge on any atom is -0.491 e. The maximum Gasteiger partial charge on any atom is 0.412 e. The third kappa shape index (κ3) is 6.81. The Morgan fingerprint density at radius 2 is 1.82 bits per heavy atom. The largest absolute Gasteiger partial charge is 0.491 e. The first-order valence-corrected chi connectivity index (χ1v) is 10.8. The number of rotatable bonds is 11. The van der Waals surface area contributed by atoms with Crippen molar-refractivity contribution >= 4 is 28.5 Å². The first-order chi connectivity index (χ1) is 16.5. The van der Waals surface area contributed by atoms with Crippen LogP contribution in [0.2, 0.25) is 0 Å². The minimum absolute atomic E-state index is 0.102. The lowest BCUT2D eigenvalue weighted by atomic mass is 10.0. The Bertz CT molecular complexity index is 1140. The summed E-state index contributed by atoms with van der Waals surface area (Å²) >= 11 is 0. The van der Waals surface area contributed by atoms with Crippen molar-refractivity contribution in [3.05, 3.63) is 84.4 Å². The number of carboxylic acid groups (broad SMARTS) is 1. The van der Waals surface area contributed by atoms with Crippen LogP contribution in [-0.4, -0.2) is 48.2 Å². The second kappa shape index (κ2) is 12.4. The fourth-order valence-corrected chi connectivity index (χ4v) is 3.47. The summed E-state index contributed by atoms with van der Waals surface area (Å²) in [6.45, 7) is 1.97. The molecule has 0 saturated carbocycles. The molecule has 1 amide bonds. The lowest BCUT2D eigenvalue weighted by Gasteiger charge is -2.25. The normalized spacial score (nSPS) is 12.9. The second-order valence-electron chi connectivity index (χ2n) is 7.24. The zero-order valence-electron chi connectivity index (χ0n) is 18.7. The molecule has 0 radical (unpaired) electrons. The molecule has 8 nitrogen and oxygen atoms in total. The van der Waals surface area contributed by atoms with Crippen molar-refractivity contribution < 1.29 is 34.0 Å². The van der Waals surface area contributed by atoms with E-state index >= 15 is 0 Å². The van der Waals surface area contributed by atoms with Crippen molar-refractivity contribution in [2.45, 2.75) is 19.1 Å². The molecule has 0 saturated heterocycles. The molecular formula is C26H27NO7. The predicted octanol–water partition coefficient (Wildman–Crippen LogP) is 4.55. The Balaban J connectivity index is 1.90. The number of hydrogen-bond acceptors (Lipinski definition) is 6. The van der Waals surface area contributed by atoms with Crippen LogP contribution in [0.15, 0.2) is 78.9 Å². The molecule has 34 heavy (non-hydrogen) atoms. The molecule has 0 aliphatic rings.